The molecule has 0 saturated carbocycles. The Hall–Kier alpha value is -0.890. The minimum absolute atomic E-state index is 0.606. The maximum Gasteiger partial charge on any atom is 0.0270 e. The first kappa shape index (κ1) is 16.2. The Kier molecular flexibility index (Phi) is 8.48. The van der Waals surface area contributed by atoms with Crippen LogP contribution in [0.5, 0.6) is 0 Å². The molecule has 0 aromatic carbocycles. The molecule has 0 spiro atoms. The normalized spacial score (nSPS) is 14.3. The molecule has 2 nitrogen and oxygen atoms in total. The predicted molar refractivity (Wildman–Crippen MR) is 83.3 cm³/mol. The van der Waals surface area contributed by atoms with Crippen molar-refractivity contribution in [1.82, 2.24) is 10.3 Å². The highest BCUT2D eigenvalue weighted by Gasteiger charge is 2.14. The van der Waals surface area contributed by atoms with Gasteiger partial charge in [0, 0.05) is 18.4 Å². The van der Waals surface area contributed by atoms with Crippen LogP contribution in [0.1, 0.15) is 58.4 Å². The van der Waals surface area contributed by atoms with Crippen LogP contribution in [0, 0.1) is 5.92 Å². The van der Waals surface area contributed by atoms with Crippen LogP contribution in [0.25, 0.3) is 0 Å². The van der Waals surface area contributed by atoms with Crippen LogP contribution in [-0.2, 0) is 6.42 Å². The van der Waals surface area contributed by atoms with Crippen molar-refractivity contribution >= 4 is 0 Å². The summed E-state index contributed by atoms with van der Waals surface area (Å²) in [7, 11) is 0. The van der Waals surface area contributed by atoms with E-state index in [1.165, 1.54) is 37.7 Å². The third-order valence-corrected chi connectivity index (χ3v) is 3.89. The largest absolute Gasteiger partial charge is 0.314 e. The summed E-state index contributed by atoms with van der Waals surface area (Å²) in [5.74, 6) is 0.867. The van der Waals surface area contributed by atoms with E-state index in [1.807, 2.05) is 12.4 Å². The van der Waals surface area contributed by atoms with Crippen LogP contribution in [0.4, 0.5) is 0 Å². The standard InChI is InChI=1S/C17H30N2/c1-4-7-8-15(5-2)13-17(19-6-3)14-16-9-11-18-12-10-16/h9-12,15,17,19H,4-8,13-14H2,1-3H3. The third kappa shape index (κ3) is 6.72. The molecule has 0 aliphatic rings. The zero-order chi connectivity index (χ0) is 13.9. The Bertz CT molecular complexity index is 310. The van der Waals surface area contributed by atoms with Crippen LogP contribution in [0.15, 0.2) is 24.5 Å². The van der Waals surface area contributed by atoms with Gasteiger partial charge in [0.1, 0.15) is 0 Å². The molecule has 0 fully saturated rings. The number of nitrogens with zero attached hydrogens (tertiary/aromatic N) is 1. The van der Waals surface area contributed by atoms with Crippen molar-refractivity contribution in [2.45, 2.75) is 65.3 Å². The highest BCUT2D eigenvalue weighted by Crippen LogP contribution is 2.20. The second kappa shape index (κ2) is 9.96. The first-order chi connectivity index (χ1) is 9.30. The van der Waals surface area contributed by atoms with Gasteiger partial charge >= 0.3 is 0 Å². The van der Waals surface area contributed by atoms with Gasteiger partial charge in [0.25, 0.3) is 0 Å². The molecule has 0 amide bonds. The Morgan fingerprint density at radius 1 is 1.16 bits per heavy atom. The second-order valence-electron chi connectivity index (χ2n) is 5.47. The highest BCUT2D eigenvalue weighted by molar-refractivity contribution is 5.11. The molecular formula is C17H30N2. The average molecular weight is 262 g/mol. The van der Waals surface area contributed by atoms with E-state index >= 15 is 0 Å². The summed E-state index contributed by atoms with van der Waals surface area (Å²) >= 11 is 0. The number of rotatable bonds is 10. The molecule has 2 atom stereocenters. The first-order valence-electron chi connectivity index (χ1n) is 7.92. The van der Waals surface area contributed by atoms with Gasteiger partial charge in [-0.15, -0.1) is 0 Å². The molecule has 1 heterocycles. The summed E-state index contributed by atoms with van der Waals surface area (Å²) in [6.45, 7) is 7.87. The summed E-state index contributed by atoms with van der Waals surface area (Å²) in [5, 5.41) is 3.65. The van der Waals surface area contributed by atoms with Crippen LogP contribution in [0.2, 0.25) is 0 Å². The molecule has 19 heavy (non-hydrogen) atoms. The number of pyridine rings is 1. The van der Waals surface area contributed by atoms with E-state index in [1.54, 1.807) is 0 Å². The monoisotopic (exact) mass is 262 g/mol. The van der Waals surface area contributed by atoms with E-state index in [-0.39, 0.29) is 0 Å². The summed E-state index contributed by atoms with van der Waals surface area (Å²) < 4.78 is 0. The van der Waals surface area contributed by atoms with Crippen LogP contribution >= 0.6 is 0 Å². The van der Waals surface area contributed by atoms with Crippen molar-refractivity contribution in [3.63, 3.8) is 0 Å². The topological polar surface area (TPSA) is 24.9 Å². The van der Waals surface area contributed by atoms with E-state index in [0.717, 1.165) is 18.9 Å². The number of hydrogen-bond donors (Lipinski definition) is 1. The highest BCUT2D eigenvalue weighted by atomic mass is 14.9. The summed E-state index contributed by atoms with van der Waals surface area (Å²) in [5.41, 5.74) is 1.39. The van der Waals surface area contributed by atoms with Gasteiger partial charge in [-0.1, -0.05) is 46.5 Å². The Labute approximate surface area is 119 Å². The number of hydrogen-bond acceptors (Lipinski definition) is 2. The molecule has 0 aliphatic carbocycles. The molecule has 0 radical (unpaired) electrons. The quantitative estimate of drug-likeness (QED) is 0.683. The minimum Gasteiger partial charge on any atom is -0.314 e. The number of unbranched alkanes of at least 4 members (excludes halogenated alkanes) is 1. The smallest absolute Gasteiger partial charge is 0.0270 e. The van der Waals surface area contributed by atoms with Crippen molar-refractivity contribution in [2.24, 2.45) is 5.92 Å². The first-order valence-corrected chi connectivity index (χ1v) is 7.92. The third-order valence-electron chi connectivity index (χ3n) is 3.89. The van der Waals surface area contributed by atoms with Gasteiger partial charge in [0.2, 0.25) is 0 Å². The van der Waals surface area contributed by atoms with E-state index in [9.17, 15) is 0 Å². The van der Waals surface area contributed by atoms with Crippen molar-refractivity contribution in [3.05, 3.63) is 30.1 Å². The van der Waals surface area contributed by atoms with Gasteiger partial charge in [-0.2, -0.15) is 0 Å². The predicted octanol–water partition coefficient (Wildman–Crippen LogP) is 4.21. The second-order valence-corrected chi connectivity index (χ2v) is 5.47. The van der Waals surface area contributed by atoms with E-state index in [0.29, 0.717) is 6.04 Å². The maximum atomic E-state index is 4.10. The van der Waals surface area contributed by atoms with Gasteiger partial charge in [0.05, 0.1) is 0 Å². The Morgan fingerprint density at radius 3 is 2.47 bits per heavy atom. The number of aromatic nitrogens is 1. The van der Waals surface area contributed by atoms with E-state index in [4.69, 9.17) is 0 Å². The molecule has 1 aromatic heterocycles. The molecule has 1 N–H and O–H groups in total. The molecule has 2 unspecified atom stereocenters. The van der Waals surface area contributed by atoms with E-state index in [2.05, 4.69) is 43.2 Å². The molecule has 0 aliphatic heterocycles. The van der Waals surface area contributed by atoms with Gasteiger partial charge in [-0.05, 0) is 43.0 Å². The zero-order valence-corrected chi connectivity index (χ0v) is 12.9. The average Bonchev–Trinajstić information content (AvgIpc) is 2.44. The SMILES string of the molecule is CCCCC(CC)CC(Cc1ccncc1)NCC. The molecule has 0 bridgehead atoms. The van der Waals surface area contributed by atoms with Crippen molar-refractivity contribution in [1.29, 1.82) is 0 Å². The molecule has 108 valence electrons. The lowest BCUT2D eigenvalue weighted by atomic mass is 9.89. The molecular weight excluding hydrogens is 232 g/mol. The minimum atomic E-state index is 0.606. The Balaban J connectivity index is 2.51. The fourth-order valence-electron chi connectivity index (χ4n) is 2.71. The van der Waals surface area contributed by atoms with Crippen molar-refractivity contribution < 1.29 is 0 Å². The molecule has 0 saturated heterocycles. The lowest BCUT2D eigenvalue weighted by Gasteiger charge is -2.23. The fourth-order valence-corrected chi connectivity index (χ4v) is 2.71. The van der Waals surface area contributed by atoms with Crippen molar-refractivity contribution in [2.75, 3.05) is 6.54 Å². The lowest BCUT2D eigenvalue weighted by molar-refractivity contribution is 0.350. The fraction of sp³-hybridized carbons (Fsp3) is 0.706. The van der Waals surface area contributed by atoms with Crippen molar-refractivity contribution in [3.8, 4) is 0 Å². The van der Waals surface area contributed by atoms with Crippen LogP contribution in [-0.4, -0.2) is 17.6 Å². The summed E-state index contributed by atoms with van der Waals surface area (Å²) in [6, 6.07) is 4.88. The summed E-state index contributed by atoms with van der Waals surface area (Å²) in [6.07, 6.45) is 11.6. The molecule has 1 aromatic rings. The number of likely N-dealkylation sites (N-methyl/N-ethyl adjacent to an activating group) is 1. The van der Waals surface area contributed by atoms with Crippen LogP contribution in [0.3, 0.4) is 0 Å². The zero-order valence-electron chi connectivity index (χ0n) is 12.9. The summed E-state index contributed by atoms with van der Waals surface area (Å²) in [4.78, 5) is 4.10. The van der Waals surface area contributed by atoms with Crippen LogP contribution < -0.4 is 5.32 Å². The Morgan fingerprint density at radius 2 is 1.89 bits per heavy atom. The van der Waals surface area contributed by atoms with Gasteiger partial charge < -0.3 is 5.32 Å². The number of nitrogens with one attached hydrogen (secondary N) is 1. The molecule has 1 rings (SSSR count). The van der Waals surface area contributed by atoms with Gasteiger partial charge in [-0.25, -0.2) is 0 Å². The van der Waals surface area contributed by atoms with Gasteiger partial charge in [-0.3, -0.25) is 4.98 Å². The van der Waals surface area contributed by atoms with Gasteiger partial charge in [0.15, 0.2) is 0 Å². The lowest BCUT2D eigenvalue weighted by Crippen LogP contribution is -2.33. The van der Waals surface area contributed by atoms with E-state index < -0.39 is 0 Å². The maximum absolute atomic E-state index is 4.10. The molecule has 2 heteroatoms.